The molecule has 3 aliphatic rings. The number of hydrogen-bond donors (Lipinski definition) is 7. The monoisotopic (exact) mass is 1660 g/mol. The number of piperazine rings is 1. The van der Waals surface area contributed by atoms with Crippen molar-refractivity contribution in [2.24, 2.45) is 5.73 Å². The molecule has 3 aromatic heterocycles. The summed E-state index contributed by atoms with van der Waals surface area (Å²) in [5, 5.41) is 40.6. The zero-order chi connectivity index (χ0) is 82.5. The van der Waals surface area contributed by atoms with Gasteiger partial charge < -0.3 is 79.9 Å². The number of unbranched alkanes of at least 4 members (excludes halogenated alkanes) is 6. The van der Waals surface area contributed by atoms with Gasteiger partial charge in [-0.15, -0.1) is 5.10 Å². The number of hydrogen-bond acceptors (Lipinski definition) is 25. The fraction of sp³-hybridized carbons (Fsp3) is 0.494. The van der Waals surface area contributed by atoms with Crippen molar-refractivity contribution in [3.63, 3.8) is 0 Å². The van der Waals surface area contributed by atoms with E-state index in [9.17, 15) is 57.9 Å². The van der Waals surface area contributed by atoms with Gasteiger partial charge >= 0.3 is 12.1 Å². The van der Waals surface area contributed by atoms with Gasteiger partial charge in [0.1, 0.15) is 58.6 Å². The summed E-state index contributed by atoms with van der Waals surface area (Å²) in [7, 11) is 2.99. The van der Waals surface area contributed by atoms with Crippen LogP contribution in [0.5, 0.6) is 17.5 Å². The number of phenolic OH excluding ortho intramolecular Hbond substituents is 2. The highest BCUT2D eigenvalue weighted by Crippen LogP contribution is 2.46. The molecule has 5 heterocycles. The van der Waals surface area contributed by atoms with Crippen LogP contribution in [0.3, 0.4) is 0 Å². The van der Waals surface area contributed by atoms with Crippen molar-refractivity contribution >= 4 is 104 Å². The molecule has 2 aliphatic heterocycles. The van der Waals surface area contributed by atoms with Crippen LogP contribution in [-0.2, 0) is 60.7 Å². The van der Waals surface area contributed by atoms with E-state index in [1.807, 2.05) is 68.3 Å². The van der Waals surface area contributed by atoms with E-state index in [0.29, 0.717) is 129 Å². The second kappa shape index (κ2) is 47.4. The molecule has 8 N–H and O–H groups in total. The minimum atomic E-state index is -2.29. The van der Waals surface area contributed by atoms with E-state index in [4.69, 9.17) is 29.3 Å². The number of nitrogens with one attached hydrogen (secondary N) is 4. The van der Waals surface area contributed by atoms with Gasteiger partial charge in [0.05, 0.1) is 68.0 Å². The lowest BCUT2D eigenvalue weighted by Gasteiger charge is -2.32. The molecule has 31 nitrogen and oxygen atoms in total. The summed E-state index contributed by atoms with van der Waals surface area (Å²) < 4.78 is 37.1. The summed E-state index contributed by atoms with van der Waals surface area (Å²) in [6.07, 6.45) is 10.5. The Labute approximate surface area is 672 Å². The minimum Gasteiger partial charge on any atom is -0.508 e. The number of anilines is 2. The number of rotatable bonds is 44. The summed E-state index contributed by atoms with van der Waals surface area (Å²) in [6, 6.07) is 26.8. The molecular formula is C81H109BrN15O16P. The summed E-state index contributed by atoms with van der Waals surface area (Å²) in [5.41, 5.74) is 10.4. The maximum Gasteiger partial charge on any atom is 0.407 e. The lowest BCUT2D eigenvalue weighted by atomic mass is 9.94. The molecule has 33 heteroatoms. The third-order valence-corrected chi connectivity index (χ3v) is 22.8. The standard InChI is InChI=1S/C48H70BrN15O10.C19H12O3.C14H27O3P/c1-51-40(68)19-22-64-31-34(59-60-64)30-54-42(70)13-5-4-8-20-53-48(71)74-38(36-17-15-33-16-18-37(66)43(49)44(33)55-36)12-9-11-35(65)10-6-7-14-41(69)52-21-27-72-28-29-73-47-57-45(62(3)32-39(50)67)56-46(58-47)63-25-23-61(2)24-26-63;20-13-6-8-15-17(10-13)22-18-11-14(21)7-9-16(18)19(15)12-4-2-1-3-5-12;1-12(2)18(4,17)11-14(16)10-8-6-5-7-9-13(3)15/h15-18,31,38,66H,4-14,19-30,32H2,1-3H3,(H2,50,67)(H,51,68)(H,52,69)(H,53,71)(H,54,70);1-11,20H;12H,5-11H2,1-4H3. The van der Waals surface area contributed by atoms with Crippen molar-refractivity contribution in [3.05, 3.63) is 123 Å². The van der Waals surface area contributed by atoms with Gasteiger partial charge in [0.15, 0.2) is 5.43 Å². The zero-order valence-corrected chi connectivity index (χ0v) is 68.8. The number of carbonyl (C=O) groups is 8. The van der Waals surface area contributed by atoms with Crippen LogP contribution in [0.2, 0.25) is 0 Å². The number of carbonyl (C=O) groups excluding carboxylic acids is 8. The van der Waals surface area contributed by atoms with Crippen LogP contribution in [0, 0.1) is 0 Å². The number of nitrogens with zero attached hydrogens (tertiary/aromatic N) is 10. The topological polar surface area (TPSA) is 418 Å². The number of ketones is 3. The molecule has 1 saturated heterocycles. The van der Waals surface area contributed by atoms with Crippen LogP contribution in [0.1, 0.15) is 154 Å². The van der Waals surface area contributed by atoms with E-state index >= 15 is 0 Å². The zero-order valence-electron chi connectivity index (χ0n) is 66.3. The molecule has 3 aromatic carbocycles. The molecule has 1 aliphatic carbocycles. The number of nitrogens with two attached hydrogens (primary N) is 1. The molecule has 0 radical (unpaired) electrons. The van der Waals surface area contributed by atoms with Gasteiger partial charge in [-0.1, -0.05) is 74.7 Å². The Hall–Kier alpha value is -10.3. The number of pyridine rings is 1. The third-order valence-electron chi connectivity index (χ3n) is 18.9. The fourth-order valence-electron chi connectivity index (χ4n) is 12.0. The molecule has 0 saturated carbocycles. The second-order valence-corrected chi connectivity index (χ2v) is 33.0. The predicted octanol–water partition coefficient (Wildman–Crippen LogP) is 10.6. The average Bonchev–Trinajstić information content (AvgIpc) is 0.837. The summed E-state index contributed by atoms with van der Waals surface area (Å²) in [6.45, 7) is 12.1. The van der Waals surface area contributed by atoms with Crippen molar-refractivity contribution in [2.45, 2.75) is 161 Å². The lowest BCUT2D eigenvalue weighted by Crippen LogP contribution is -2.45. The van der Waals surface area contributed by atoms with Crippen molar-refractivity contribution in [3.8, 4) is 40.0 Å². The van der Waals surface area contributed by atoms with Crippen molar-refractivity contribution < 1.29 is 71.8 Å². The molecule has 2 atom stereocenters. The summed E-state index contributed by atoms with van der Waals surface area (Å²) in [4.78, 5) is 132. The van der Waals surface area contributed by atoms with Crippen LogP contribution >= 0.6 is 23.1 Å². The van der Waals surface area contributed by atoms with E-state index in [-0.39, 0.29) is 128 Å². The number of alkyl carbamates (subject to hydrolysis) is 1. The number of Topliss-reactive ketones (excluding diaryl/α,β-unsaturated/α-hetero) is 3. The maximum absolute atomic E-state index is 13.0. The van der Waals surface area contributed by atoms with Gasteiger partial charge in [0.25, 0.3) is 0 Å². The van der Waals surface area contributed by atoms with E-state index in [1.165, 1.54) is 17.0 Å². The second-order valence-electron chi connectivity index (χ2n) is 28.6. The number of aromatic hydroxyl groups is 2. The molecule has 114 heavy (non-hydrogen) atoms. The van der Waals surface area contributed by atoms with Gasteiger partial charge in [-0.25, -0.2) is 9.78 Å². The number of likely N-dealkylation sites (N-methyl/N-ethyl adjacent to an activating group) is 2. The summed E-state index contributed by atoms with van der Waals surface area (Å²) >= 11 is 3.40. The number of amides is 5. The molecular weight excluding hydrogens is 1550 g/mol. The minimum absolute atomic E-state index is 0.0161. The predicted molar refractivity (Wildman–Crippen MR) is 439 cm³/mol. The number of halogens is 1. The Morgan fingerprint density at radius 2 is 1.40 bits per heavy atom. The quantitative estimate of drug-likeness (QED) is 0.0106. The number of primary amides is 1. The first kappa shape index (κ1) is 90.9. The van der Waals surface area contributed by atoms with E-state index in [0.717, 1.165) is 79.3 Å². The van der Waals surface area contributed by atoms with E-state index in [1.54, 1.807) is 75.0 Å². The molecule has 616 valence electrons. The highest BCUT2D eigenvalue weighted by atomic mass is 79.9. The highest BCUT2D eigenvalue weighted by molar-refractivity contribution is 9.10. The van der Waals surface area contributed by atoms with Gasteiger partial charge in [-0.2, -0.15) is 15.0 Å². The Bertz CT molecular complexity index is 4560. The fourth-order valence-corrected chi connectivity index (χ4v) is 13.7. The van der Waals surface area contributed by atoms with Gasteiger partial charge in [-0.05, 0) is 136 Å². The van der Waals surface area contributed by atoms with E-state index < -0.39 is 25.2 Å². The van der Waals surface area contributed by atoms with Crippen LogP contribution in [-0.4, -0.2) is 202 Å². The number of aromatic nitrogens is 7. The van der Waals surface area contributed by atoms with Crippen molar-refractivity contribution in [1.29, 1.82) is 0 Å². The molecule has 0 bridgehead atoms. The van der Waals surface area contributed by atoms with Crippen molar-refractivity contribution in [1.82, 2.24) is 61.1 Å². The first-order valence-electron chi connectivity index (χ1n) is 38.7. The summed E-state index contributed by atoms with van der Waals surface area (Å²) in [5.74, 6) is 0.851. The Kier molecular flexibility index (Phi) is 37.8. The van der Waals surface area contributed by atoms with Crippen LogP contribution < -0.4 is 47.0 Å². The first-order chi connectivity index (χ1) is 54.6. The number of aryl methyl sites for hydroxylation is 1. The number of benzene rings is 4. The Morgan fingerprint density at radius 1 is 0.719 bits per heavy atom. The lowest BCUT2D eigenvalue weighted by molar-refractivity contribution is -0.122. The van der Waals surface area contributed by atoms with E-state index in [2.05, 4.69) is 67.4 Å². The van der Waals surface area contributed by atoms with Crippen LogP contribution in [0.15, 0.2) is 111 Å². The number of fused-ring (bicyclic) bond motifs is 3. The Morgan fingerprint density at radius 3 is 2.13 bits per heavy atom. The molecule has 2 unspecified atom stereocenters. The normalized spacial score (nSPS) is 12.9. The van der Waals surface area contributed by atoms with Crippen LogP contribution in [0.4, 0.5) is 16.7 Å². The highest BCUT2D eigenvalue weighted by Gasteiger charge is 2.26. The van der Waals surface area contributed by atoms with Gasteiger partial charge in [-0.3, -0.25) is 38.2 Å². The number of ether oxygens (including phenoxy) is 3. The molecule has 1 fully saturated rings. The molecule has 5 amide bonds. The van der Waals surface area contributed by atoms with Crippen molar-refractivity contribution in [2.75, 3.05) is 109 Å². The molecule has 6 aromatic rings. The number of phenols is 2. The average molecular weight is 1660 g/mol. The van der Waals surface area contributed by atoms with Gasteiger partial charge in [0.2, 0.25) is 35.5 Å². The third kappa shape index (κ3) is 31.6. The Balaban J connectivity index is 0.000000360. The largest absolute Gasteiger partial charge is 0.508 e. The maximum atomic E-state index is 13.0. The molecule has 0 spiro atoms. The van der Waals surface area contributed by atoms with Crippen LogP contribution in [0.25, 0.3) is 44.3 Å². The first-order valence-corrected chi connectivity index (χ1v) is 41.9. The van der Waals surface area contributed by atoms with Gasteiger partial charge in [0, 0.05) is 138 Å². The molecule has 9 rings (SSSR count). The SMILES string of the molecule is CC(=O)CCCCCCC(=O)CP(C)(=O)C(C)C.CNC(=O)CCn1cc(CNC(=O)CCCCCNC(=O)OC(CCCC(=O)CCCCC(=O)NCCOCCOc2nc(N(C)CC(N)=O)nc(N3CCN(C)CC3)n2)c2ccc3ccc(O)c(Br)c3n2)nn1.O=c1ccc2c(-c3ccccc3)c3ccc(O)cc3oc-2c1. The smallest absolute Gasteiger partial charge is 0.407 e.